The molecule has 1 amide bonds. The monoisotopic (exact) mass is 364 g/mol. The van der Waals surface area contributed by atoms with Crippen LogP contribution in [0.25, 0.3) is 0 Å². The van der Waals surface area contributed by atoms with Gasteiger partial charge in [-0.2, -0.15) is 0 Å². The SMILES string of the molecule is CCN1CCN(C(=O)c2cc(Nc3ccc(F)c(F)c3F)ccn2)CC1. The standard InChI is InChI=1S/C18H19F3N4O/c1-2-24-7-9-25(10-8-24)18(26)15-11-12(5-6-22-15)23-14-4-3-13(19)16(20)17(14)21/h3-6,11H,2,7-10H2,1H3,(H,22,23). The zero-order valence-electron chi connectivity index (χ0n) is 14.3. The summed E-state index contributed by atoms with van der Waals surface area (Å²) < 4.78 is 40.2. The van der Waals surface area contributed by atoms with Crippen molar-refractivity contribution < 1.29 is 18.0 Å². The van der Waals surface area contributed by atoms with Crippen molar-refractivity contribution >= 4 is 17.3 Å². The Morgan fingerprint density at radius 1 is 1.12 bits per heavy atom. The number of halogens is 3. The lowest BCUT2D eigenvalue weighted by Gasteiger charge is -2.33. The van der Waals surface area contributed by atoms with E-state index in [-0.39, 0.29) is 17.3 Å². The summed E-state index contributed by atoms with van der Waals surface area (Å²) in [6.07, 6.45) is 1.41. The van der Waals surface area contributed by atoms with E-state index >= 15 is 0 Å². The Bertz CT molecular complexity index is 807. The van der Waals surface area contributed by atoms with Crippen LogP contribution in [0, 0.1) is 17.5 Å². The van der Waals surface area contributed by atoms with E-state index in [0.717, 1.165) is 31.8 Å². The zero-order valence-corrected chi connectivity index (χ0v) is 14.3. The number of amides is 1. The topological polar surface area (TPSA) is 48.5 Å². The minimum absolute atomic E-state index is 0.211. The molecule has 3 rings (SSSR count). The molecule has 1 aliphatic heterocycles. The number of hydrogen-bond donors (Lipinski definition) is 1. The van der Waals surface area contributed by atoms with Crippen LogP contribution in [-0.2, 0) is 0 Å². The maximum atomic E-state index is 13.8. The van der Waals surface area contributed by atoms with E-state index in [1.54, 1.807) is 4.90 Å². The third kappa shape index (κ3) is 3.80. The molecule has 0 unspecified atom stereocenters. The van der Waals surface area contributed by atoms with Crippen molar-refractivity contribution in [2.45, 2.75) is 6.92 Å². The van der Waals surface area contributed by atoms with E-state index in [9.17, 15) is 18.0 Å². The second-order valence-electron chi connectivity index (χ2n) is 6.00. The predicted molar refractivity (Wildman–Crippen MR) is 91.9 cm³/mol. The van der Waals surface area contributed by atoms with Crippen LogP contribution in [0.15, 0.2) is 30.5 Å². The molecular formula is C18H19F3N4O. The fraction of sp³-hybridized carbons (Fsp3) is 0.333. The molecule has 2 heterocycles. The molecule has 8 heteroatoms. The molecule has 1 N–H and O–H groups in total. The van der Waals surface area contributed by atoms with Gasteiger partial charge in [0, 0.05) is 38.1 Å². The Morgan fingerprint density at radius 2 is 1.85 bits per heavy atom. The number of benzene rings is 1. The van der Waals surface area contributed by atoms with Crippen LogP contribution in [0.4, 0.5) is 24.5 Å². The molecule has 1 fully saturated rings. The lowest BCUT2D eigenvalue weighted by molar-refractivity contribution is 0.0637. The normalized spacial score (nSPS) is 15.2. The number of carbonyl (C=O) groups is 1. The van der Waals surface area contributed by atoms with E-state index in [1.807, 2.05) is 0 Å². The van der Waals surface area contributed by atoms with E-state index in [2.05, 4.69) is 22.1 Å². The van der Waals surface area contributed by atoms with Crippen molar-refractivity contribution in [3.63, 3.8) is 0 Å². The molecule has 0 spiro atoms. The predicted octanol–water partition coefficient (Wildman–Crippen LogP) is 3.02. The third-order valence-electron chi connectivity index (χ3n) is 4.40. The van der Waals surface area contributed by atoms with Crippen LogP contribution in [0.1, 0.15) is 17.4 Å². The second-order valence-corrected chi connectivity index (χ2v) is 6.00. The molecular weight excluding hydrogens is 345 g/mol. The van der Waals surface area contributed by atoms with Gasteiger partial charge in [-0.15, -0.1) is 0 Å². The van der Waals surface area contributed by atoms with Gasteiger partial charge in [-0.25, -0.2) is 13.2 Å². The average Bonchev–Trinajstić information content (AvgIpc) is 2.68. The minimum Gasteiger partial charge on any atom is -0.353 e. The Hall–Kier alpha value is -2.61. The Kier molecular flexibility index (Phi) is 5.41. The van der Waals surface area contributed by atoms with Crippen LogP contribution in [0.2, 0.25) is 0 Å². The fourth-order valence-electron chi connectivity index (χ4n) is 2.83. The molecule has 0 aliphatic carbocycles. The maximum Gasteiger partial charge on any atom is 0.272 e. The van der Waals surface area contributed by atoms with E-state index in [0.29, 0.717) is 18.8 Å². The lowest BCUT2D eigenvalue weighted by atomic mass is 10.2. The number of anilines is 2. The average molecular weight is 364 g/mol. The van der Waals surface area contributed by atoms with Gasteiger partial charge in [-0.05, 0) is 30.8 Å². The number of hydrogen-bond acceptors (Lipinski definition) is 4. The summed E-state index contributed by atoms with van der Waals surface area (Å²) in [5.74, 6) is -4.33. The number of pyridine rings is 1. The van der Waals surface area contributed by atoms with Crippen molar-refractivity contribution in [1.82, 2.24) is 14.8 Å². The van der Waals surface area contributed by atoms with Crippen LogP contribution in [0.3, 0.4) is 0 Å². The number of carbonyl (C=O) groups excluding carboxylic acids is 1. The maximum absolute atomic E-state index is 13.8. The highest BCUT2D eigenvalue weighted by molar-refractivity contribution is 5.93. The van der Waals surface area contributed by atoms with Crippen molar-refractivity contribution in [1.29, 1.82) is 0 Å². The summed E-state index contributed by atoms with van der Waals surface area (Å²) in [5.41, 5.74) is 0.355. The van der Waals surface area contributed by atoms with Crippen LogP contribution >= 0.6 is 0 Å². The van der Waals surface area contributed by atoms with Crippen molar-refractivity contribution in [2.75, 3.05) is 38.0 Å². The molecule has 0 atom stereocenters. The molecule has 1 aromatic heterocycles. The summed E-state index contributed by atoms with van der Waals surface area (Å²) in [5, 5.41) is 2.65. The summed E-state index contributed by atoms with van der Waals surface area (Å²) in [4.78, 5) is 20.6. The molecule has 138 valence electrons. The van der Waals surface area contributed by atoms with Gasteiger partial charge in [0.25, 0.3) is 5.91 Å². The Morgan fingerprint density at radius 3 is 2.54 bits per heavy atom. The van der Waals surface area contributed by atoms with Gasteiger partial charge >= 0.3 is 0 Å². The van der Waals surface area contributed by atoms with Gasteiger partial charge in [0.1, 0.15) is 5.69 Å². The molecule has 5 nitrogen and oxygen atoms in total. The van der Waals surface area contributed by atoms with Gasteiger partial charge in [0.2, 0.25) is 0 Å². The van der Waals surface area contributed by atoms with E-state index in [1.165, 1.54) is 18.3 Å². The zero-order chi connectivity index (χ0) is 18.7. The lowest BCUT2D eigenvalue weighted by Crippen LogP contribution is -2.48. The Labute approximate surface area is 149 Å². The largest absolute Gasteiger partial charge is 0.353 e. The number of rotatable bonds is 4. The molecule has 1 aromatic carbocycles. The van der Waals surface area contributed by atoms with Gasteiger partial charge < -0.3 is 15.1 Å². The summed E-state index contributed by atoms with van der Waals surface area (Å²) >= 11 is 0. The molecule has 2 aromatic rings. The first-order chi connectivity index (χ1) is 12.5. The third-order valence-corrected chi connectivity index (χ3v) is 4.40. The number of piperazine rings is 1. The molecule has 0 radical (unpaired) electrons. The smallest absolute Gasteiger partial charge is 0.272 e. The van der Waals surface area contributed by atoms with E-state index < -0.39 is 17.5 Å². The highest BCUT2D eigenvalue weighted by Crippen LogP contribution is 2.24. The van der Waals surface area contributed by atoms with Gasteiger partial charge in [-0.1, -0.05) is 6.92 Å². The van der Waals surface area contributed by atoms with Crippen LogP contribution in [0.5, 0.6) is 0 Å². The molecule has 1 aliphatic rings. The highest BCUT2D eigenvalue weighted by Gasteiger charge is 2.22. The minimum atomic E-state index is -1.55. The number of nitrogens with one attached hydrogen (secondary N) is 1. The van der Waals surface area contributed by atoms with E-state index in [4.69, 9.17) is 0 Å². The van der Waals surface area contributed by atoms with Gasteiger partial charge in [0.15, 0.2) is 17.5 Å². The van der Waals surface area contributed by atoms with Crippen LogP contribution < -0.4 is 5.32 Å². The second kappa shape index (κ2) is 7.74. The summed E-state index contributed by atoms with van der Waals surface area (Å²) in [6.45, 7) is 5.86. The first kappa shape index (κ1) is 18.2. The quantitative estimate of drug-likeness (QED) is 0.848. The number of aromatic nitrogens is 1. The molecule has 0 saturated carbocycles. The molecule has 26 heavy (non-hydrogen) atoms. The first-order valence-electron chi connectivity index (χ1n) is 8.37. The number of likely N-dealkylation sites (N-methyl/N-ethyl adjacent to an activating group) is 1. The van der Waals surface area contributed by atoms with Gasteiger partial charge in [0.05, 0.1) is 5.69 Å². The van der Waals surface area contributed by atoms with Gasteiger partial charge in [-0.3, -0.25) is 9.78 Å². The molecule has 1 saturated heterocycles. The Balaban J connectivity index is 1.74. The van der Waals surface area contributed by atoms with Crippen LogP contribution in [-0.4, -0.2) is 53.4 Å². The van der Waals surface area contributed by atoms with Crippen molar-refractivity contribution in [3.8, 4) is 0 Å². The van der Waals surface area contributed by atoms with Crippen molar-refractivity contribution in [3.05, 3.63) is 53.6 Å². The summed E-state index contributed by atoms with van der Waals surface area (Å²) in [7, 11) is 0. The van der Waals surface area contributed by atoms with Crippen molar-refractivity contribution in [2.24, 2.45) is 0 Å². The molecule has 0 bridgehead atoms. The fourth-order valence-corrected chi connectivity index (χ4v) is 2.83. The number of nitrogens with zero attached hydrogens (tertiary/aromatic N) is 3. The summed E-state index contributed by atoms with van der Waals surface area (Å²) in [6, 6.07) is 4.92. The highest BCUT2D eigenvalue weighted by atomic mass is 19.2. The first-order valence-corrected chi connectivity index (χ1v) is 8.37.